The number of methoxy groups -OCH3 is 1. The van der Waals surface area contributed by atoms with E-state index in [4.69, 9.17) is 4.74 Å². The highest BCUT2D eigenvalue weighted by molar-refractivity contribution is 5.89. The van der Waals surface area contributed by atoms with Gasteiger partial charge in [-0.3, -0.25) is 0 Å². The number of anilines is 2. The van der Waals surface area contributed by atoms with Gasteiger partial charge in [-0.1, -0.05) is 6.07 Å². The van der Waals surface area contributed by atoms with Gasteiger partial charge < -0.3 is 19.9 Å². The van der Waals surface area contributed by atoms with Gasteiger partial charge in [0.1, 0.15) is 17.9 Å². The highest BCUT2D eigenvalue weighted by Crippen LogP contribution is 2.19. The van der Waals surface area contributed by atoms with Gasteiger partial charge in [-0.05, 0) is 32.0 Å². The second kappa shape index (κ2) is 8.40. The van der Waals surface area contributed by atoms with Crippen LogP contribution in [0.15, 0.2) is 42.7 Å². The number of carbonyl (C=O) groups excluding carboxylic acids is 1. The van der Waals surface area contributed by atoms with E-state index in [0.717, 1.165) is 23.0 Å². The van der Waals surface area contributed by atoms with E-state index in [9.17, 15) is 4.79 Å². The van der Waals surface area contributed by atoms with E-state index in [-0.39, 0.29) is 6.03 Å². The zero-order valence-electron chi connectivity index (χ0n) is 17.4. The molecule has 0 atom stereocenters. The maximum absolute atomic E-state index is 12.6. The van der Waals surface area contributed by atoms with Crippen LogP contribution in [0.2, 0.25) is 0 Å². The zero-order valence-corrected chi connectivity index (χ0v) is 17.4. The average Bonchev–Trinajstić information content (AvgIpc) is 3.12. The summed E-state index contributed by atoms with van der Waals surface area (Å²) in [4.78, 5) is 25.4. The van der Waals surface area contributed by atoms with Crippen LogP contribution in [0.3, 0.4) is 0 Å². The molecule has 0 saturated carbocycles. The number of piperazine rings is 1. The van der Waals surface area contributed by atoms with Crippen LogP contribution in [0.5, 0.6) is 5.75 Å². The number of nitrogens with one attached hydrogen (secondary N) is 1. The number of amides is 2. The predicted octanol–water partition coefficient (Wildman–Crippen LogP) is 2.64. The summed E-state index contributed by atoms with van der Waals surface area (Å²) in [6.45, 7) is 6.56. The molecule has 2 amide bonds. The van der Waals surface area contributed by atoms with Crippen LogP contribution >= 0.6 is 0 Å². The first-order chi connectivity index (χ1) is 14.5. The smallest absolute Gasteiger partial charge is 0.321 e. The van der Waals surface area contributed by atoms with Crippen LogP contribution in [-0.2, 0) is 0 Å². The molecule has 3 aromatic rings. The fourth-order valence-electron chi connectivity index (χ4n) is 3.53. The van der Waals surface area contributed by atoms with Crippen LogP contribution in [0, 0.1) is 13.8 Å². The van der Waals surface area contributed by atoms with Crippen molar-refractivity contribution in [1.82, 2.24) is 24.6 Å². The van der Waals surface area contributed by atoms with Gasteiger partial charge in [0.25, 0.3) is 0 Å². The molecule has 30 heavy (non-hydrogen) atoms. The molecule has 1 fully saturated rings. The third kappa shape index (κ3) is 4.19. The summed E-state index contributed by atoms with van der Waals surface area (Å²) in [6.07, 6.45) is 1.56. The van der Waals surface area contributed by atoms with Gasteiger partial charge in [0.15, 0.2) is 5.82 Å². The van der Waals surface area contributed by atoms with Crippen LogP contribution in [0.25, 0.3) is 5.82 Å². The lowest BCUT2D eigenvalue weighted by molar-refractivity contribution is 0.208. The minimum absolute atomic E-state index is 0.117. The molecular formula is C21H25N7O2. The van der Waals surface area contributed by atoms with Crippen molar-refractivity contribution in [2.24, 2.45) is 0 Å². The maximum Gasteiger partial charge on any atom is 0.321 e. The zero-order chi connectivity index (χ0) is 21.1. The van der Waals surface area contributed by atoms with Crippen molar-refractivity contribution in [2.75, 3.05) is 43.5 Å². The lowest BCUT2D eigenvalue weighted by Crippen LogP contribution is -2.50. The number of carbonyl (C=O) groups is 1. The van der Waals surface area contributed by atoms with Crippen LogP contribution in [-0.4, -0.2) is 64.0 Å². The molecular weight excluding hydrogens is 382 g/mol. The number of aromatic nitrogens is 4. The molecule has 2 aromatic heterocycles. The number of ether oxygens (including phenoxy) is 1. The van der Waals surface area contributed by atoms with Crippen molar-refractivity contribution in [3.05, 3.63) is 54.1 Å². The summed E-state index contributed by atoms with van der Waals surface area (Å²) >= 11 is 0. The monoisotopic (exact) mass is 407 g/mol. The van der Waals surface area contributed by atoms with Crippen molar-refractivity contribution in [3.8, 4) is 11.6 Å². The Morgan fingerprint density at radius 1 is 1.03 bits per heavy atom. The normalized spacial score (nSPS) is 14.0. The van der Waals surface area contributed by atoms with Crippen molar-refractivity contribution in [1.29, 1.82) is 0 Å². The van der Waals surface area contributed by atoms with Crippen molar-refractivity contribution >= 4 is 17.5 Å². The molecule has 9 nitrogen and oxygen atoms in total. The summed E-state index contributed by atoms with van der Waals surface area (Å²) in [5, 5.41) is 7.42. The molecule has 0 bridgehead atoms. The number of aryl methyl sites for hydroxylation is 2. The first-order valence-corrected chi connectivity index (χ1v) is 9.84. The SMILES string of the molecule is COc1cccc(NC(=O)N2CCN(c3cc(-n4nc(C)cc4C)ncn3)CC2)c1. The van der Waals surface area contributed by atoms with E-state index in [2.05, 4.69) is 25.3 Å². The van der Waals surface area contributed by atoms with Crippen LogP contribution in [0.1, 0.15) is 11.4 Å². The quantitative estimate of drug-likeness (QED) is 0.715. The third-order valence-corrected chi connectivity index (χ3v) is 5.08. The summed E-state index contributed by atoms with van der Waals surface area (Å²) in [6, 6.07) is 11.2. The Hall–Kier alpha value is -3.62. The Bertz CT molecular complexity index is 1040. The second-order valence-corrected chi connectivity index (χ2v) is 7.21. The maximum atomic E-state index is 12.6. The van der Waals surface area contributed by atoms with Crippen LogP contribution < -0.4 is 15.0 Å². The lowest BCUT2D eigenvalue weighted by Gasteiger charge is -2.35. The lowest BCUT2D eigenvalue weighted by atomic mass is 10.3. The molecule has 0 aliphatic carbocycles. The van der Waals surface area contributed by atoms with Gasteiger partial charge in [-0.15, -0.1) is 0 Å². The molecule has 156 valence electrons. The third-order valence-electron chi connectivity index (χ3n) is 5.08. The van der Waals surface area contributed by atoms with E-state index in [1.807, 2.05) is 48.9 Å². The van der Waals surface area contributed by atoms with Gasteiger partial charge in [-0.25, -0.2) is 19.4 Å². The van der Waals surface area contributed by atoms with E-state index < -0.39 is 0 Å². The fraction of sp³-hybridized carbons (Fsp3) is 0.333. The molecule has 9 heteroatoms. The molecule has 4 rings (SSSR count). The largest absolute Gasteiger partial charge is 0.497 e. The first-order valence-electron chi connectivity index (χ1n) is 9.84. The highest BCUT2D eigenvalue weighted by Gasteiger charge is 2.22. The molecule has 0 radical (unpaired) electrons. The minimum atomic E-state index is -0.117. The number of hydrogen-bond acceptors (Lipinski definition) is 6. The minimum Gasteiger partial charge on any atom is -0.497 e. The van der Waals surface area contributed by atoms with E-state index >= 15 is 0 Å². The predicted molar refractivity (Wildman–Crippen MR) is 114 cm³/mol. The Morgan fingerprint density at radius 3 is 2.50 bits per heavy atom. The average molecular weight is 407 g/mol. The number of nitrogens with zero attached hydrogens (tertiary/aromatic N) is 6. The Morgan fingerprint density at radius 2 is 1.80 bits per heavy atom. The number of hydrogen-bond donors (Lipinski definition) is 1. The molecule has 1 aromatic carbocycles. The molecule has 3 heterocycles. The van der Waals surface area contributed by atoms with Crippen molar-refractivity contribution < 1.29 is 9.53 Å². The Balaban J connectivity index is 1.39. The number of urea groups is 1. The van der Waals surface area contributed by atoms with E-state index in [1.54, 1.807) is 24.4 Å². The van der Waals surface area contributed by atoms with E-state index in [1.165, 1.54) is 0 Å². The molecule has 1 aliphatic rings. The number of benzene rings is 1. The van der Waals surface area contributed by atoms with E-state index in [0.29, 0.717) is 37.6 Å². The summed E-state index contributed by atoms with van der Waals surface area (Å²) < 4.78 is 7.02. The molecule has 1 aliphatic heterocycles. The topological polar surface area (TPSA) is 88.4 Å². The highest BCUT2D eigenvalue weighted by atomic mass is 16.5. The van der Waals surface area contributed by atoms with Gasteiger partial charge >= 0.3 is 6.03 Å². The Labute approximate surface area is 175 Å². The summed E-state index contributed by atoms with van der Waals surface area (Å²) in [5.74, 6) is 2.28. The van der Waals surface area contributed by atoms with Crippen molar-refractivity contribution in [2.45, 2.75) is 13.8 Å². The van der Waals surface area contributed by atoms with Gasteiger partial charge in [0, 0.05) is 49.7 Å². The van der Waals surface area contributed by atoms with Crippen LogP contribution in [0.4, 0.5) is 16.3 Å². The van der Waals surface area contributed by atoms with Gasteiger partial charge in [0.2, 0.25) is 0 Å². The first kappa shape index (κ1) is 19.7. The standard InChI is InChI=1S/C21H25N7O2/c1-15-11-16(2)28(25-15)20-13-19(22-14-23-20)26-7-9-27(10-8-26)21(29)24-17-5-4-6-18(12-17)30-3/h4-6,11-14H,7-10H2,1-3H3,(H,24,29). The fourth-order valence-corrected chi connectivity index (χ4v) is 3.53. The van der Waals surface area contributed by atoms with Gasteiger partial charge in [-0.2, -0.15) is 5.10 Å². The molecule has 1 saturated heterocycles. The second-order valence-electron chi connectivity index (χ2n) is 7.21. The molecule has 0 unspecified atom stereocenters. The molecule has 0 spiro atoms. The van der Waals surface area contributed by atoms with Gasteiger partial charge in [0.05, 0.1) is 12.8 Å². The van der Waals surface area contributed by atoms with Crippen molar-refractivity contribution in [3.63, 3.8) is 0 Å². The number of rotatable bonds is 4. The summed E-state index contributed by atoms with van der Waals surface area (Å²) in [7, 11) is 1.60. The molecule has 1 N–H and O–H groups in total. The summed E-state index contributed by atoms with van der Waals surface area (Å²) in [5.41, 5.74) is 2.69. The Kier molecular flexibility index (Phi) is 5.51.